The topological polar surface area (TPSA) is 26.3 Å². The summed E-state index contributed by atoms with van der Waals surface area (Å²) in [4.78, 5) is 11.2. The first-order valence-electron chi connectivity index (χ1n) is 4.80. The van der Waals surface area contributed by atoms with Gasteiger partial charge in [-0.2, -0.15) is 0 Å². The maximum atomic E-state index is 11.2. The molecule has 0 aromatic carbocycles. The van der Waals surface area contributed by atoms with Gasteiger partial charge in [0, 0.05) is 0 Å². The van der Waals surface area contributed by atoms with Crippen LogP contribution in [0, 0.1) is 5.92 Å². The highest BCUT2D eigenvalue weighted by Gasteiger charge is 2.33. The number of esters is 1. The molecule has 13 heavy (non-hydrogen) atoms. The average molecular weight is 251 g/mol. The number of rotatable bonds is 5. The lowest BCUT2D eigenvalue weighted by atomic mass is 9.85. The minimum atomic E-state index is -0.273. The Hall–Kier alpha value is -0.0500. The van der Waals surface area contributed by atoms with E-state index in [1.54, 1.807) is 0 Å². The highest BCUT2D eigenvalue weighted by Crippen LogP contribution is 2.29. The van der Waals surface area contributed by atoms with Crippen LogP contribution in [0.4, 0.5) is 0 Å². The predicted molar refractivity (Wildman–Crippen MR) is 58.0 cm³/mol. The smallest absolute Gasteiger partial charge is 0.317 e. The van der Waals surface area contributed by atoms with Gasteiger partial charge in [0.1, 0.15) is 10.9 Å². The summed E-state index contributed by atoms with van der Waals surface area (Å²) in [6.45, 7) is 8.30. The molecule has 0 saturated heterocycles. The summed E-state index contributed by atoms with van der Waals surface area (Å²) in [6, 6.07) is 0. The fourth-order valence-electron chi connectivity index (χ4n) is 1.58. The minimum Gasteiger partial charge on any atom is -0.458 e. The Bertz CT molecular complexity index is 162. The summed E-state index contributed by atoms with van der Waals surface area (Å²) in [7, 11) is 0. The molecule has 3 heteroatoms. The molecule has 0 aliphatic heterocycles. The van der Waals surface area contributed by atoms with E-state index in [0.717, 1.165) is 12.8 Å². The molecule has 0 radical (unpaired) electrons. The summed E-state index contributed by atoms with van der Waals surface area (Å²) in [5.41, 5.74) is -0.273. The Labute approximate surface area is 89.2 Å². The first-order chi connectivity index (χ1) is 6.02. The van der Waals surface area contributed by atoms with Gasteiger partial charge in [-0.25, -0.2) is 0 Å². The van der Waals surface area contributed by atoms with E-state index < -0.39 is 0 Å². The molecule has 0 saturated carbocycles. The van der Waals surface area contributed by atoms with Crippen LogP contribution in [-0.2, 0) is 9.53 Å². The molecule has 0 bridgehead atoms. The number of halogens is 1. The van der Waals surface area contributed by atoms with E-state index in [4.69, 9.17) is 4.74 Å². The van der Waals surface area contributed by atoms with Gasteiger partial charge in [-0.15, -0.1) is 0 Å². The number of carbonyl (C=O) groups excluding carboxylic acids is 1. The van der Waals surface area contributed by atoms with Crippen molar-refractivity contribution in [3.8, 4) is 0 Å². The van der Waals surface area contributed by atoms with Crippen molar-refractivity contribution in [2.24, 2.45) is 5.92 Å². The van der Waals surface area contributed by atoms with E-state index in [9.17, 15) is 4.79 Å². The van der Waals surface area contributed by atoms with E-state index in [1.165, 1.54) is 0 Å². The van der Waals surface area contributed by atoms with Crippen LogP contribution in [-0.4, -0.2) is 16.9 Å². The zero-order valence-corrected chi connectivity index (χ0v) is 10.5. The van der Waals surface area contributed by atoms with Gasteiger partial charge in [0.25, 0.3) is 0 Å². The van der Waals surface area contributed by atoms with Gasteiger partial charge < -0.3 is 4.74 Å². The van der Waals surface area contributed by atoms with Crippen molar-refractivity contribution in [2.75, 3.05) is 5.33 Å². The third kappa shape index (κ3) is 3.29. The molecule has 0 spiro atoms. The van der Waals surface area contributed by atoms with Crippen molar-refractivity contribution >= 4 is 21.9 Å². The quantitative estimate of drug-likeness (QED) is 0.554. The van der Waals surface area contributed by atoms with Gasteiger partial charge in [0.05, 0.1) is 0 Å². The molecule has 0 aromatic rings. The van der Waals surface area contributed by atoms with Gasteiger partial charge in [-0.3, -0.25) is 4.79 Å². The molecule has 0 rings (SSSR count). The zero-order valence-electron chi connectivity index (χ0n) is 8.89. The van der Waals surface area contributed by atoms with Gasteiger partial charge in [0.15, 0.2) is 0 Å². The fourth-order valence-corrected chi connectivity index (χ4v) is 1.70. The maximum absolute atomic E-state index is 11.2. The van der Waals surface area contributed by atoms with Crippen molar-refractivity contribution < 1.29 is 9.53 Å². The normalized spacial score (nSPS) is 11.8. The number of carbonyl (C=O) groups is 1. The maximum Gasteiger partial charge on any atom is 0.317 e. The van der Waals surface area contributed by atoms with Crippen LogP contribution < -0.4 is 0 Å². The molecular weight excluding hydrogens is 232 g/mol. The average Bonchev–Trinajstić information content (AvgIpc) is 2.13. The third-order valence-electron chi connectivity index (χ3n) is 2.68. The summed E-state index contributed by atoms with van der Waals surface area (Å²) in [5, 5.41) is 0.279. The summed E-state index contributed by atoms with van der Waals surface area (Å²) in [5.74, 6) is 0.197. The molecule has 2 nitrogen and oxygen atoms in total. The first-order valence-corrected chi connectivity index (χ1v) is 5.92. The van der Waals surface area contributed by atoms with Crippen molar-refractivity contribution in [1.29, 1.82) is 0 Å². The van der Waals surface area contributed by atoms with Crippen molar-refractivity contribution in [3.63, 3.8) is 0 Å². The molecule has 0 amide bonds. The zero-order chi connectivity index (χ0) is 10.5. The summed E-state index contributed by atoms with van der Waals surface area (Å²) >= 11 is 3.10. The number of hydrogen-bond acceptors (Lipinski definition) is 2. The summed E-state index contributed by atoms with van der Waals surface area (Å²) in [6.07, 6.45) is 1.75. The molecule has 78 valence electrons. The van der Waals surface area contributed by atoms with Crippen LogP contribution in [0.3, 0.4) is 0 Å². The van der Waals surface area contributed by atoms with E-state index in [1.807, 2.05) is 0 Å². The van der Waals surface area contributed by atoms with E-state index in [-0.39, 0.29) is 16.9 Å². The van der Waals surface area contributed by atoms with Crippen LogP contribution in [0.15, 0.2) is 0 Å². The van der Waals surface area contributed by atoms with E-state index >= 15 is 0 Å². The molecule has 0 aliphatic carbocycles. The molecule has 0 atom stereocenters. The van der Waals surface area contributed by atoms with Gasteiger partial charge in [-0.1, -0.05) is 43.6 Å². The van der Waals surface area contributed by atoms with Gasteiger partial charge >= 0.3 is 5.97 Å². The monoisotopic (exact) mass is 250 g/mol. The second kappa shape index (κ2) is 5.63. The predicted octanol–water partition coefficient (Wildman–Crippen LogP) is 3.14. The van der Waals surface area contributed by atoms with Crippen molar-refractivity contribution in [3.05, 3.63) is 0 Å². The lowest BCUT2D eigenvalue weighted by molar-refractivity contribution is -0.162. The third-order valence-corrected chi connectivity index (χ3v) is 3.13. The Balaban J connectivity index is 4.48. The van der Waals surface area contributed by atoms with Gasteiger partial charge in [-0.05, 0) is 18.8 Å². The second-order valence-corrected chi connectivity index (χ2v) is 4.10. The molecular formula is C10H19BrO2. The SMILES string of the molecule is CCC(CC)(OC(=O)CBr)C(C)C. The Morgan fingerprint density at radius 1 is 1.38 bits per heavy atom. The van der Waals surface area contributed by atoms with Crippen molar-refractivity contribution in [2.45, 2.75) is 46.1 Å². The largest absolute Gasteiger partial charge is 0.458 e. The second-order valence-electron chi connectivity index (χ2n) is 3.53. The van der Waals surface area contributed by atoms with E-state index in [2.05, 4.69) is 43.6 Å². The minimum absolute atomic E-state index is 0.169. The molecule has 0 fully saturated rings. The Morgan fingerprint density at radius 2 is 1.85 bits per heavy atom. The van der Waals surface area contributed by atoms with Crippen LogP contribution in [0.2, 0.25) is 0 Å². The van der Waals surface area contributed by atoms with Crippen LogP contribution >= 0.6 is 15.9 Å². The number of alkyl halides is 1. The van der Waals surface area contributed by atoms with E-state index in [0.29, 0.717) is 5.92 Å². The standard InChI is InChI=1S/C10H19BrO2/c1-5-10(6-2,8(3)4)13-9(12)7-11/h8H,5-7H2,1-4H3. The van der Waals surface area contributed by atoms with Crippen LogP contribution in [0.1, 0.15) is 40.5 Å². The fraction of sp³-hybridized carbons (Fsp3) is 0.900. The lowest BCUT2D eigenvalue weighted by Gasteiger charge is -2.35. The lowest BCUT2D eigenvalue weighted by Crippen LogP contribution is -2.39. The molecule has 0 aromatic heterocycles. The Kier molecular flexibility index (Phi) is 5.61. The number of hydrogen-bond donors (Lipinski definition) is 0. The summed E-state index contributed by atoms with van der Waals surface area (Å²) < 4.78 is 5.46. The molecule has 0 unspecified atom stereocenters. The highest BCUT2D eigenvalue weighted by atomic mass is 79.9. The van der Waals surface area contributed by atoms with Crippen LogP contribution in [0.25, 0.3) is 0 Å². The first kappa shape index (κ1) is 12.9. The van der Waals surface area contributed by atoms with Crippen molar-refractivity contribution in [1.82, 2.24) is 0 Å². The molecule has 0 heterocycles. The molecule has 0 aliphatic rings. The highest BCUT2D eigenvalue weighted by molar-refractivity contribution is 9.09. The Morgan fingerprint density at radius 3 is 2.08 bits per heavy atom. The van der Waals surface area contributed by atoms with Crippen LogP contribution in [0.5, 0.6) is 0 Å². The molecule has 0 N–H and O–H groups in total. The number of ether oxygens (including phenoxy) is 1. The van der Waals surface area contributed by atoms with Gasteiger partial charge in [0.2, 0.25) is 0 Å².